The van der Waals surface area contributed by atoms with Crippen LogP contribution in [0.2, 0.25) is 0 Å². The van der Waals surface area contributed by atoms with Crippen molar-refractivity contribution in [1.29, 1.82) is 0 Å². The van der Waals surface area contributed by atoms with Crippen LogP contribution in [0.25, 0.3) is 10.2 Å². The van der Waals surface area contributed by atoms with Crippen LogP contribution in [-0.4, -0.2) is 42.6 Å². The molecule has 0 saturated carbocycles. The number of aromatic carboxylic acids is 1. The highest BCUT2D eigenvalue weighted by molar-refractivity contribution is 7.18. The van der Waals surface area contributed by atoms with Gasteiger partial charge in [-0.2, -0.15) is 0 Å². The van der Waals surface area contributed by atoms with Gasteiger partial charge in [-0.15, -0.1) is 16.4 Å². The van der Waals surface area contributed by atoms with Crippen LogP contribution >= 0.6 is 11.3 Å². The van der Waals surface area contributed by atoms with Crippen LogP contribution in [0.4, 0.5) is 5.82 Å². The number of carbonyl (C=O) groups is 1. The highest BCUT2D eigenvalue weighted by atomic mass is 32.1. The standard InChI is InChI=1S/C14H16N6O2S/c1-8-9(2)23-13-11(8)12(16-7-17-13)15-4-3-5-20-6-10(14(21)22)18-19-20/h6-7H,3-5H2,1-2H3,(H,21,22)(H,15,16,17). The molecule has 9 heteroatoms. The summed E-state index contributed by atoms with van der Waals surface area (Å²) in [5.41, 5.74) is 1.16. The predicted molar refractivity (Wildman–Crippen MR) is 87.0 cm³/mol. The number of thiophene rings is 1. The molecule has 3 aromatic heterocycles. The van der Waals surface area contributed by atoms with Crippen LogP contribution in [0.5, 0.6) is 0 Å². The third-order valence-corrected chi connectivity index (χ3v) is 4.69. The van der Waals surface area contributed by atoms with E-state index in [0.29, 0.717) is 13.1 Å². The van der Waals surface area contributed by atoms with Gasteiger partial charge in [0.05, 0.1) is 11.6 Å². The Bertz CT molecular complexity index is 856. The van der Waals surface area contributed by atoms with Gasteiger partial charge < -0.3 is 10.4 Å². The molecule has 2 N–H and O–H groups in total. The first kappa shape index (κ1) is 15.3. The molecule has 0 unspecified atom stereocenters. The van der Waals surface area contributed by atoms with E-state index in [1.807, 2.05) is 0 Å². The van der Waals surface area contributed by atoms with E-state index >= 15 is 0 Å². The Kier molecular flexibility index (Phi) is 4.20. The molecule has 8 nitrogen and oxygen atoms in total. The third-order valence-electron chi connectivity index (χ3n) is 3.58. The number of rotatable bonds is 6. The van der Waals surface area contributed by atoms with Gasteiger partial charge >= 0.3 is 5.97 Å². The Hall–Kier alpha value is -2.55. The van der Waals surface area contributed by atoms with E-state index in [0.717, 1.165) is 22.5 Å². The van der Waals surface area contributed by atoms with E-state index in [1.54, 1.807) is 17.7 Å². The molecule has 3 heterocycles. The number of hydrogen-bond donors (Lipinski definition) is 2. The molecule has 0 aliphatic carbocycles. The minimum absolute atomic E-state index is 0.0418. The zero-order valence-electron chi connectivity index (χ0n) is 12.8. The lowest BCUT2D eigenvalue weighted by Crippen LogP contribution is -2.08. The molecule has 0 atom stereocenters. The molecular formula is C14H16N6O2S. The van der Waals surface area contributed by atoms with Crippen LogP contribution < -0.4 is 5.32 Å². The van der Waals surface area contributed by atoms with Gasteiger partial charge in [-0.05, 0) is 25.8 Å². The van der Waals surface area contributed by atoms with Crippen molar-refractivity contribution in [2.24, 2.45) is 0 Å². The van der Waals surface area contributed by atoms with Crippen molar-refractivity contribution in [2.45, 2.75) is 26.8 Å². The lowest BCUT2D eigenvalue weighted by Gasteiger charge is -2.07. The van der Waals surface area contributed by atoms with Crippen LogP contribution in [-0.2, 0) is 6.54 Å². The Morgan fingerprint density at radius 1 is 1.39 bits per heavy atom. The zero-order valence-corrected chi connectivity index (χ0v) is 13.6. The van der Waals surface area contributed by atoms with Crippen molar-refractivity contribution in [2.75, 3.05) is 11.9 Å². The molecule has 3 rings (SSSR count). The van der Waals surface area contributed by atoms with Gasteiger partial charge in [0.25, 0.3) is 0 Å². The van der Waals surface area contributed by atoms with Crippen LogP contribution in [0.15, 0.2) is 12.5 Å². The van der Waals surface area contributed by atoms with Crippen LogP contribution in [0.3, 0.4) is 0 Å². The average molecular weight is 332 g/mol. The summed E-state index contributed by atoms with van der Waals surface area (Å²) in [5, 5.41) is 20.6. The lowest BCUT2D eigenvalue weighted by molar-refractivity contribution is 0.0690. The van der Waals surface area contributed by atoms with Gasteiger partial charge in [0, 0.05) is 18.0 Å². The molecule has 0 aliphatic heterocycles. The molecule has 0 saturated heterocycles. The number of hydrogen-bond acceptors (Lipinski definition) is 7. The number of nitrogens with zero attached hydrogens (tertiary/aromatic N) is 5. The molecule has 0 radical (unpaired) electrons. The molecule has 3 aromatic rings. The normalized spacial score (nSPS) is 11.0. The smallest absolute Gasteiger partial charge is 0.358 e. The van der Waals surface area contributed by atoms with Gasteiger partial charge in [-0.25, -0.2) is 14.8 Å². The second-order valence-corrected chi connectivity index (χ2v) is 6.34. The number of carboxylic acid groups (broad SMARTS) is 1. The molecule has 0 bridgehead atoms. The van der Waals surface area contributed by atoms with Crippen molar-refractivity contribution in [3.05, 3.63) is 28.7 Å². The van der Waals surface area contributed by atoms with E-state index in [-0.39, 0.29) is 5.69 Å². The fourth-order valence-electron chi connectivity index (χ4n) is 2.27. The monoisotopic (exact) mass is 332 g/mol. The number of aryl methyl sites for hydroxylation is 3. The summed E-state index contributed by atoms with van der Waals surface area (Å²) in [6.45, 7) is 5.44. The van der Waals surface area contributed by atoms with Crippen molar-refractivity contribution in [3.63, 3.8) is 0 Å². The van der Waals surface area contributed by atoms with Crippen LogP contribution in [0.1, 0.15) is 27.3 Å². The lowest BCUT2D eigenvalue weighted by atomic mass is 10.2. The van der Waals surface area contributed by atoms with Gasteiger partial charge in [-0.1, -0.05) is 5.21 Å². The fraction of sp³-hybridized carbons (Fsp3) is 0.357. The largest absolute Gasteiger partial charge is 0.476 e. The maximum absolute atomic E-state index is 10.7. The third kappa shape index (κ3) is 3.14. The predicted octanol–water partition coefficient (Wildman–Crippen LogP) is 2.10. The molecule has 0 aromatic carbocycles. The van der Waals surface area contributed by atoms with Crippen LogP contribution in [0, 0.1) is 13.8 Å². The van der Waals surface area contributed by atoms with E-state index < -0.39 is 5.97 Å². The van der Waals surface area contributed by atoms with Crippen molar-refractivity contribution >= 4 is 33.3 Å². The highest BCUT2D eigenvalue weighted by Crippen LogP contribution is 2.32. The van der Waals surface area contributed by atoms with E-state index in [9.17, 15) is 4.79 Å². The summed E-state index contributed by atoms with van der Waals surface area (Å²) >= 11 is 1.67. The first-order valence-electron chi connectivity index (χ1n) is 7.14. The quantitative estimate of drug-likeness (QED) is 0.666. The molecule has 0 amide bonds. The van der Waals surface area contributed by atoms with E-state index in [2.05, 4.69) is 39.4 Å². The second kappa shape index (κ2) is 6.29. The average Bonchev–Trinajstić information content (AvgIpc) is 3.10. The van der Waals surface area contributed by atoms with Crippen molar-refractivity contribution in [3.8, 4) is 0 Å². The Morgan fingerprint density at radius 3 is 2.96 bits per heavy atom. The number of anilines is 1. The Balaban J connectivity index is 1.61. The van der Waals surface area contributed by atoms with Crippen molar-refractivity contribution in [1.82, 2.24) is 25.0 Å². The fourth-order valence-corrected chi connectivity index (χ4v) is 3.27. The molecule has 0 fully saturated rings. The second-order valence-electron chi connectivity index (χ2n) is 5.14. The summed E-state index contributed by atoms with van der Waals surface area (Å²) in [5.74, 6) is -0.234. The molecule has 120 valence electrons. The first-order chi connectivity index (χ1) is 11.1. The van der Waals surface area contributed by atoms with Gasteiger partial charge in [0.1, 0.15) is 17.0 Å². The summed E-state index contributed by atoms with van der Waals surface area (Å²) in [4.78, 5) is 21.6. The van der Waals surface area contributed by atoms with Gasteiger partial charge in [0.15, 0.2) is 5.69 Å². The maximum atomic E-state index is 10.7. The number of fused-ring (bicyclic) bond motifs is 1. The highest BCUT2D eigenvalue weighted by Gasteiger charge is 2.11. The molecular weight excluding hydrogens is 316 g/mol. The SMILES string of the molecule is Cc1sc2ncnc(NCCCn3cc(C(=O)O)nn3)c2c1C. The minimum Gasteiger partial charge on any atom is -0.476 e. The summed E-state index contributed by atoms with van der Waals surface area (Å²) < 4.78 is 1.53. The topological polar surface area (TPSA) is 106 Å². The maximum Gasteiger partial charge on any atom is 0.358 e. The summed E-state index contributed by atoms with van der Waals surface area (Å²) in [7, 11) is 0. The number of nitrogens with one attached hydrogen (secondary N) is 1. The summed E-state index contributed by atoms with van der Waals surface area (Å²) in [6, 6.07) is 0. The zero-order chi connectivity index (χ0) is 16.4. The molecule has 0 aliphatic rings. The van der Waals surface area contributed by atoms with E-state index in [1.165, 1.54) is 21.3 Å². The minimum atomic E-state index is -1.07. The Labute approximate surface area is 136 Å². The molecule has 0 spiro atoms. The number of aromatic nitrogens is 5. The Morgan fingerprint density at radius 2 is 2.22 bits per heavy atom. The van der Waals surface area contributed by atoms with Crippen molar-refractivity contribution < 1.29 is 9.90 Å². The van der Waals surface area contributed by atoms with Gasteiger partial charge in [-0.3, -0.25) is 4.68 Å². The van der Waals surface area contributed by atoms with Gasteiger partial charge in [0.2, 0.25) is 0 Å². The van der Waals surface area contributed by atoms with E-state index in [4.69, 9.17) is 5.11 Å². The summed E-state index contributed by atoms with van der Waals surface area (Å²) in [6.07, 6.45) is 3.77. The number of carboxylic acids is 1. The molecule has 23 heavy (non-hydrogen) atoms. The first-order valence-corrected chi connectivity index (χ1v) is 7.96.